The van der Waals surface area contributed by atoms with Crippen LogP contribution in [0.25, 0.3) is 0 Å². The van der Waals surface area contributed by atoms with Gasteiger partial charge in [0, 0.05) is 37.5 Å². The molecule has 0 unspecified atom stereocenters. The fourth-order valence-corrected chi connectivity index (χ4v) is 4.02. The summed E-state index contributed by atoms with van der Waals surface area (Å²) in [5.41, 5.74) is 0. The van der Waals surface area contributed by atoms with Crippen LogP contribution in [0.4, 0.5) is 9.52 Å². The van der Waals surface area contributed by atoms with Gasteiger partial charge >= 0.3 is 0 Å². The van der Waals surface area contributed by atoms with Gasteiger partial charge in [-0.15, -0.1) is 11.3 Å². The Labute approximate surface area is 150 Å². The predicted molar refractivity (Wildman–Crippen MR) is 94.7 cm³/mol. The van der Waals surface area contributed by atoms with Gasteiger partial charge in [-0.05, 0) is 24.8 Å². The Balaban J connectivity index is 1.59. The van der Waals surface area contributed by atoms with E-state index in [1.54, 1.807) is 0 Å². The fraction of sp³-hybridized carbons (Fsp3) is 0.529. The lowest BCUT2D eigenvalue weighted by Crippen LogP contribution is -2.40. The maximum Gasteiger partial charge on any atom is 0.223 e. The number of amides is 1. The number of thiazole rings is 1. The Bertz CT molecular complexity index is 720. The Morgan fingerprint density at radius 2 is 2.12 bits per heavy atom. The number of hydrogen-bond donors (Lipinski definition) is 1. The van der Waals surface area contributed by atoms with E-state index in [9.17, 15) is 9.18 Å². The van der Waals surface area contributed by atoms with Crippen LogP contribution in [0.5, 0.6) is 0 Å². The van der Waals surface area contributed by atoms with Gasteiger partial charge in [-0.2, -0.15) is 0 Å². The molecule has 3 heterocycles. The van der Waals surface area contributed by atoms with Crippen LogP contribution in [0.2, 0.25) is 0 Å². The van der Waals surface area contributed by atoms with Gasteiger partial charge in [0.15, 0.2) is 10.9 Å². The maximum atomic E-state index is 13.0. The molecule has 0 bridgehead atoms. The van der Waals surface area contributed by atoms with Crippen LogP contribution in [0, 0.1) is 17.7 Å². The van der Waals surface area contributed by atoms with Crippen LogP contribution >= 0.6 is 11.3 Å². The molecule has 1 amide bonds. The number of likely N-dealkylation sites (tertiary alicyclic amines) is 1. The van der Waals surface area contributed by atoms with Crippen LogP contribution in [-0.4, -0.2) is 38.8 Å². The minimum absolute atomic E-state index is 0.105. The molecule has 2 atom stereocenters. The van der Waals surface area contributed by atoms with Gasteiger partial charge in [-0.25, -0.2) is 19.3 Å². The van der Waals surface area contributed by atoms with E-state index in [1.165, 1.54) is 30.7 Å². The standard InChI is InChI=1S/C17H22FN5OS/c1-11-3-4-23(10-15-8-21-17(25-15)22-12(2)24)9-13(11)5-16-19-6-14(18)7-20-16/h6-8,11,13H,3-5,9-10H2,1-2H3,(H,21,22,24)/t11-,13+/m0/s1. The number of aromatic nitrogens is 3. The van der Waals surface area contributed by atoms with Crippen molar-refractivity contribution in [3.05, 3.63) is 35.1 Å². The zero-order chi connectivity index (χ0) is 17.8. The summed E-state index contributed by atoms with van der Waals surface area (Å²) < 4.78 is 13.0. The van der Waals surface area contributed by atoms with E-state index in [2.05, 4.69) is 32.1 Å². The zero-order valence-corrected chi connectivity index (χ0v) is 15.2. The molecule has 0 saturated carbocycles. The summed E-state index contributed by atoms with van der Waals surface area (Å²) in [5, 5.41) is 3.36. The summed E-state index contributed by atoms with van der Waals surface area (Å²) in [4.78, 5) is 27.1. The molecule has 2 aromatic heterocycles. The van der Waals surface area contributed by atoms with Crippen molar-refractivity contribution in [2.45, 2.75) is 33.2 Å². The van der Waals surface area contributed by atoms with Gasteiger partial charge < -0.3 is 5.32 Å². The third-order valence-electron chi connectivity index (χ3n) is 4.53. The number of nitrogens with zero attached hydrogens (tertiary/aromatic N) is 4. The third kappa shape index (κ3) is 5.02. The molecule has 6 nitrogen and oxygen atoms in total. The molecule has 1 fully saturated rings. The topological polar surface area (TPSA) is 71.0 Å². The summed E-state index contributed by atoms with van der Waals surface area (Å²) in [5.74, 6) is 1.23. The number of carbonyl (C=O) groups is 1. The van der Waals surface area contributed by atoms with Crippen LogP contribution in [0.3, 0.4) is 0 Å². The number of halogens is 1. The summed E-state index contributed by atoms with van der Waals surface area (Å²) >= 11 is 1.51. The smallest absolute Gasteiger partial charge is 0.223 e. The van der Waals surface area contributed by atoms with Gasteiger partial charge in [0.1, 0.15) is 5.82 Å². The summed E-state index contributed by atoms with van der Waals surface area (Å²) in [6, 6.07) is 0. The van der Waals surface area contributed by atoms with Gasteiger partial charge in [0.2, 0.25) is 5.91 Å². The highest BCUT2D eigenvalue weighted by molar-refractivity contribution is 7.15. The average Bonchev–Trinajstić information content (AvgIpc) is 2.99. The predicted octanol–water partition coefficient (Wildman–Crippen LogP) is 2.73. The molecule has 8 heteroatoms. The normalized spacial score (nSPS) is 21.2. The van der Waals surface area contributed by atoms with Crippen molar-refractivity contribution in [2.24, 2.45) is 11.8 Å². The van der Waals surface area contributed by atoms with E-state index in [0.29, 0.717) is 22.8 Å². The highest BCUT2D eigenvalue weighted by Gasteiger charge is 2.27. The number of anilines is 1. The molecule has 1 aliphatic heterocycles. The Morgan fingerprint density at radius 1 is 1.36 bits per heavy atom. The number of carbonyl (C=O) groups excluding carboxylic acids is 1. The second-order valence-corrected chi connectivity index (χ2v) is 7.71. The fourth-order valence-electron chi connectivity index (χ4n) is 3.12. The molecular weight excluding hydrogens is 341 g/mol. The first kappa shape index (κ1) is 17.9. The first-order valence-electron chi connectivity index (χ1n) is 8.40. The first-order chi connectivity index (χ1) is 12.0. The van der Waals surface area contributed by atoms with Crippen LogP contribution in [-0.2, 0) is 17.8 Å². The number of nitrogens with one attached hydrogen (secondary N) is 1. The highest BCUT2D eigenvalue weighted by atomic mass is 32.1. The monoisotopic (exact) mass is 363 g/mol. The van der Waals surface area contributed by atoms with Crippen LogP contribution < -0.4 is 5.32 Å². The molecule has 3 rings (SSSR count). The largest absolute Gasteiger partial charge is 0.302 e. The molecule has 1 N–H and O–H groups in total. The van der Waals surface area contributed by atoms with E-state index < -0.39 is 5.82 Å². The van der Waals surface area contributed by atoms with E-state index in [0.717, 1.165) is 37.4 Å². The van der Waals surface area contributed by atoms with E-state index in [4.69, 9.17) is 0 Å². The maximum absolute atomic E-state index is 13.0. The van der Waals surface area contributed by atoms with Crippen molar-refractivity contribution >= 4 is 22.4 Å². The minimum atomic E-state index is -0.401. The van der Waals surface area contributed by atoms with Gasteiger partial charge in [-0.1, -0.05) is 6.92 Å². The van der Waals surface area contributed by atoms with Crippen molar-refractivity contribution in [1.29, 1.82) is 0 Å². The minimum Gasteiger partial charge on any atom is -0.302 e. The molecule has 134 valence electrons. The third-order valence-corrected chi connectivity index (χ3v) is 5.43. The van der Waals surface area contributed by atoms with Crippen LogP contribution in [0.1, 0.15) is 31.0 Å². The molecule has 0 aromatic carbocycles. The molecule has 0 spiro atoms. The number of rotatable bonds is 5. The summed E-state index contributed by atoms with van der Waals surface area (Å²) in [6.07, 6.45) is 6.16. The summed E-state index contributed by atoms with van der Waals surface area (Å²) in [7, 11) is 0. The van der Waals surface area contributed by atoms with Crippen molar-refractivity contribution in [1.82, 2.24) is 19.9 Å². The second kappa shape index (κ2) is 7.97. The van der Waals surface area contributed by atoms with Gasteiger partial charge in [-0.3, -0.25) is 9.69 Å². The van der Waals surface area contributed by atoms with Crippen molar-refractivity contribution in [3.8, 4) is 0 Å². The molecule has 0 aliphatic carbocycles. The lowest BCUT2D eigenvalue weighted by molar-refractivity contribution is -0.114. The lowest BCUT2D eigenvalue weighted by atomic mass is 9.84. The second-order valence-electron chi connectivity index (χ2n) is 6.60. The highest BCUT2D eigenvalue weighted by Crippen LogP contribution is 2.28. The van der Waals surface area contributed by atoms with Gasteiger partial charge in [0.25, 0.3) is 0 Å². The van der Waals surface area contributed by atoms with E-state index in [-0.39, 0.29) is 5.91 Å². The molecular formula is C17H22FN5OS. The average molecular weight is 363 g/mol. The molecule has 1 aliphatic rings. The van der Waals surface area contributed by atoms with Gasteiger partial charge in [0.05, 0.1) is 12.4 Å². The Hall–Kier alpha value is -1.93. The quantitative estimate of drug-likeness (QED) is 0.884. The van der Waals surface area contributed by atoms with Crippen LogP contribution in [0.15, 0.2) is 18.6 Å². The zero-order valence-electron chi connectivity index (χ0n) is 14.4. The Morgan fingerprint density at radius 3 is 2.84 bits per heavy atom. The summed E-state index contributed by atoms with van der Waals surface area (Å²) in [6.45, 7) is 6.55. The molecule has 25 heavy (non-hydrogen) atoms. The number of piperidine rings is 1. The molecule has 0 radical (unpaired) electrons. The lowest BCUT2D eigenvalue weighted by Gasteiger charge is -2.36. The first-order valence-corrected chi connectivity index (χ1v) is 9.22. The SMILES string of the molecule is CC(=O)Nc1ncc(CN2CC[C@H](C)[C@H](Cc3ncc(F)cn3)C2)s1. The van der Waals surface area contributed by atoms with Crippen molar-refractivity contribution in [2.75, 3.05) is 18.4 Å². The Kier molecular flexibility index (Phi) is 5.70. The van der Waals surface area contributed by atoms with Crippen molar-refractivity contribution < 1.29 is 9.18 Å². The van der Waals surface area contributed by atoms with E-state index >= 15 is 0 Å². The number of hydrogen-bond acceptors (Lipinski definition) is 6. The van der Waals surface area contributed by atoms with E-state index in [1.807, 2.05) is 6.20 Å². The molecule has 1 saturated heterocycles. The molecule has 2 aromatic rings. The van der Waals surface area contributed by atoms with Crippen molar-refractivity contribution in [3.63, 3.8) is 0 Å².